The first-order chi connectivity index (χ1) is 10.0. The van der Waals surface area contributed by atoms with Crippen molar-refractivity contribution in [1.29, 1.82) is 0 Å². The fourth-order valence-electron chi connectivity index (χ4n) is 2.35. The Morgan fingerprint density at radius 2 is 1.90 bits per heavy atom. The van der Waals surface area contributed by atoms with Crippen LogP contribution in [0.1, 0.15) is 27.3 Å². The maximum absolute atomic E-state index is 12.3. The number of rotatable bonds is 6. The van der Waals surface area contributed by atoms with Gasteiger partial charge in [0, 0.05) is 23.5 Å². The number of aryl methyl sites for hydroxylation is 2. The third kappa shape index (κ3) is 3.43. The van der Waals surface area contributed by atoms with Gasteiger partial charge in [0.05, 0.1) is 0 Å². The number of allylic oxidation sites excluding steroid dienone is 1. The molecule has 3 nitrogen and oxygen atoms in total. The first kappa shape index (κ1) is 15.1. The fraction of sp³-hybridized carbons (Fsp3) is 0.278. The number of Topliss-reactive ketones (excluding diaryl/α,β-unsaturated/α-hetero) is 1. The summed E-state index contributed by atoms with van der Waals surface area (Å²) in [7, 11) is 0. The molecule has 0 N–H and O–H groups in total. The minimum absolute atomic E-state index is 0.000938. The molecular formula is C18H21NO2. The van der Waals surface area contributed by atoms with Crippen LogP contribution in [0.25, 0.3) is 0 Å². The highest BCUT2D eigenvalue weighted by molar-refractivity contribution is 5.98. The average Bonchev–Trinajstić information content (AvgIpc) is 2.75. The van der Waals surface area contributed by atoms with Crippen molar-refractivity contribution in [3.63, 3.8) is 0 Å². The fourth-order valence-corrected chi connectivity index (χ4v) is 2.35. The molecule has 1 aromatic heterocycles. The first-order valence-electron chi connectivity index (χ1n) is 7.03. The minimum Gasteiger partial charge on any atom is -0.485 e. The lowest BCUT2D eigenvalue weighted by molar-refractivity contribution is 0.0921. The van der Waals surface area contributed by atoms with Crippen LogP contribution in [-0.2, 0) is 6.54 Å². The van der Waals surface area contributed by atoms with Crippen molar-refractivity contribution >= 4 is 5.78 Å². The number of carbonyl (C=O) groups excluding carboxylic acids is 1. The number of benzene rings is 1. The van der Waals surface area contributed by atoms with E-state index >= 15 is 0 Å². The van der Waals surface area contributed by atoms with Crippen molar-refractivity contribution in [2.75, 3.05) is 6.61 Å². The van der Waals surface area contributed by atoms with Gasteiger partial charge in [-0.3, -0.25) is 4.79 Å². The number of carbonyl (C=O) groups is 1. The summed E-state index contributed by atoms with van der Waals surface area (Å²) in [5, 5.41) is 0. The number of nitrogens with zero attached hydrogens (tertiary/aromatic N) is 1. The highest BCUT2D eigenvalue weighted by Gasteiger charge is 2.15. The number of ketones is 1. The van der Waals surface area contributed by atoms with Gasteiger partial charge in [-0.1, -0.05) is 23.8 Å². The van der Waals surface area contributed by atoms with Crippen LogP contribution < -0.4 is 4.74 Å². The first-order valence-corrected chi connectivity index (χ1v) is 7.03. The predicted molar refractivity (Wildman–Crippen MR) is 85.1 cm³/mol. The van der Waals surface area contributed by atoms with E-state index in [2.05, 4.69) is 11.1 Å². The standard InChI is InChI=1S/C18H21NO2/c1-5-10-19-14(3)11-17(15(19)4)18(20)12-21-16-8-6-13(2)7-9-16/h5-9,11H,1,10,12H2,2-4H3. The van der Waals surface area contributed by atoms with Gasteiger partial charge in [0.15, 0.2) is 6.61 Å². The maximum atomic E-state index is 12.3. The summed E-state index contributed by atoms with van der Waals surface area (Å²) in [5.41, 5.74) is 3.92. The topological polar surface area (TPSA) is 31.2 Å². The van der Waals surface area contributed by atoms with Gasteiger partial charge in [0.25, 0.3) is 0 Å². The summed E-state index contributed by atoms with van der Waals surface area (Å²) in [6.07, 6.45) is 1.83. The van der Waals surface area contributed by atoms with Gasteiger partial charge in [0.2, 0.25) is 5.78 Å². The van der Waals surface area contributed by atoms with Crippen molar-refractivity contribution in [2.45, 2.75) is 27.3 Å². The zero-order valence-electron chi connectivity index (χ0n) is 12.8. The van der Waals surface area contributed by atoms with E-state index in [1.165, 1.54) is 5.56 Å². The molecule has 1 aromatic carbocycles. The number of aromatic nitrogens is 1. The normalized spacial score (nSPS) is 10.4. The van der Waals surface area contributed by atoms with Crippen LogP contribution >= 0.6 is 0 Å². The van der Waals surface area contributed by atoms with Crippen molar-refractivity contribution in [3.05, 3.63) is 65.5 Å². The van der Waals surface area contributed by atoms with E-state index in [1.807, 2.05) is 57.2 Å². The van der Waals surface area contributed by atoms with E-state index < -0.39 is 0 Å². The third-order valence-electron chi connectivity index (χ3n) is 3.58. The van der Waals surface area contributed by atoms with Crippen LogP contribution in [-0.4, -0.2) is 17.0 Å². The van der Waals surface area contributed by atoms with E-state index in [-0.39, 0.29) is 12.4 Å². The van der Waals surface area contributed by atoms with Gasteiger partial charge in [0.1, 0.15) is 5.75 Å². The molecule has 0 atom stereocenters. The summed E-state index contributed by atoms with van der Waals surface area (Å²) in [5.74, 6) is 0.716. The van der Waals surface area contributed by atoms with E-state index in [0.717, 1.165) is 17.0 Å². The molecule has 2 aromatic rings. The van der Waals surface area contributed by atoms with Crippen LogP contribution in [0.4, 0.5) is 0 Å². The lowest BCUT2D eigenvalue weighted by Gasteiger charge is -2.07. The van der Waals surface area contributed by atoms with Gasteiger partial charge in [-0.25, -0.2) is 0 Å². The van der Waals surface area contributed by atoms with Crippen LogP contribution in [0.15, 0.2) is 43.0 Å². The minimum atomic E-state index is -0.000938. The van der Waals surface area contributed by atoms with Crippen molar-refractivity contribution in [3.8, 4) is 5.75 Å². The molecule has 0 saturated heterocycles. The molecule has 0 radical (unpaired) electrons. The summed E-state index contributed by atoms with van der Waals surface area (Å²) < 4.78 is 7.64. The molecule has 0 aliphatic rings. The molecule has 0 fully saturated rings. The second-order valence-electron chi connectivity index (χ2n) is 5.21. The third-order valence-corrected chi connectivity index (χ3v) is 3.58. The second-order valence-corrected chi connectivity index (χ2v) is 5.21. The molecule has 2 rings (SSSR count). The highest BCUT2D eigenvalue weighted by Crippen LogP contribution is 2.17. The zero-order valence-corrected chi connectivity index (χ0v) is 12.8. The van der Waals surface area contributed by atoms with Crippen molar-refractivity contribution in [1.82, 2.24) is 4.57 Å². The van der Waals surface area contributed by atoms with E-state index in [9.17, 15) is 4.79 Å². The Labute approximate surface area is 125 Å². The van der Waals surface area contributed by atoms with Crippen LogP contribution in [0.3, 0.4) is 0 Å². The molecule has 0 saturated carbocycles. The molecule has 3 heteroatoms. The number of hydrogen-bond donors (Lipinski definition) is 0. The molecule has 0 spiro atoms. The molecule has 0 aliphatic carbocycles. The lowest BCUT2D eigenvalue weighted by atomic mass is 10.1. The molecular weight excluding hydrogens is 262 g/mol. The number of ether oxygens (including phenoxy) is 1. The van der Waals surface area contributed by atoms with E-state index in [1.54, 1.807) is 0 Å². The highest BCUT2D eigenvalue weighted by atomic mass is 16.5. The summed E-state index contributed by atoms with van der Waals surface area (Å²) in [6, 6.07) is 9.61. The summed E-state index contributed by atoms with van der Waals surface area (Å²) in [6.45, 7) is 10.5. The van der Waals surface area contributed by atoms with E-state index in [4.69, 9.17) is 4.74 Å². The second kappa shape index (κ2) is 6.44. The van der Waals surface area contributed by atoms with Gasteiger partial charge >= 0.3 is 0 Å². The molecule has 0 bridgehead atoms. The molecule has 0 unspecified atom stereocenters. The van der Waals surface area contributed by atoms with E-state index in [0.29, 0.717) is 12.3 Å². The average molecular weight is 283 g/mol. The van der Waals surface area contributed by atoms with Crippen LogP contribution in [0, 0.1) is 20.8 Å². The van der Waals surface area contributed by atoms with Gasteiger partial charge in [-0.05, 0) is 39.0 Å². The summed E-state index contributed by atoms with van der Waals surface area (Å²) >= 11 is 0. The van der Waals surface area contributed by atoms with Crippen molar-refractivity contribution < 1.29 is 9.53 Å². The lowest BCUT2D eigenvalue weighted by Crippen LogP contribution is -2.12. The Bertz CT molecular complexity index is 651. The van der Waals surface area contributed by atoms with Crippen molar-refractivity contribution in [2.24, 2.45) is 0 Å². The number of hydrogen-bond acceptors (Lipinski definition) is 2. The molecule has 21 heavy (non-hydrogen) atoms. The Morgan fingerprint density at radius 1 is 1.24 bits per heavy atom. The quantitative estimate of drug-likeness (QED) is 0.595. The Morgan fingerprint density at radius 3 is 2.52 bits per heavy atom. The smallest absolute Gasteiger partial charge is 0.202 e. The van der Waals surface area contributed by atoms with Gasteiger partial charge in [-0.15, -0.1) is 6.58 Å². The molecule has 0 aliphatic heterocycles. The van der Waals surface area contributed by atoms with Crippen LogP contribution in [0.2, 0.25) is 0 Å². The predicted octanol–water partition coefficient (Wildman–Crippen LogP) is 3.86. The SMILES string of the molecule is C=CCn1c(C)cc(C(=O)COc2ccc(C)cc2)c1C. The molecule has 110 valence electrons. The summed E-state index contributed by atoms with van der Waals surface area (Å²) in [4.78, 5) is 12.3. The largest absolute Gasteiger partial charge is 0.485 e. The zero-order chi connectivity index (χ0) is 15.4. The Balaban J connectivity index is 2.08. The molecule has 1 heterocycles. The van der Waals surface area contributed by atoms with Crippen LogP contribution in [0.5, 0.6) is 5.75 Å². The van der Waals surface area contributed by atoms with Gasteiger partial charge < -0.3 is 9.30 Å². The Hall–Kier alpha value is -2.29. The monoisotopic (exact) mass is 283 g/mol. The maximum Gasteiger partial charge on any atom is 0.202 e. The Kier molecular flexibility index (Phi) is 4.63. The molecule has 0 amide bonds. The van der Waals surface area contributed by atoms with Gasteiger partial charge in [-0.2, -0.15) is 0 Å².